The lowest BCUT2D eigenvalue weighted by molar-refractivity contribution is -0.152. The van der Waals surface area contributed by atoms with Crippen LogP contribution in [0.3, 0.4) is 0 Å². The number of likely N-dealkylation sites (N-methyl/N-ethyl adjacent to an activating group) is 1. The number of aromatic nitrogens is 1. The Morgan fingerprint density at radius 1 is 1.22 bits per heavy atom. The van der Waals surface area contributed by atoms with Crippen LogP contribution in [0.15, 0.2) is 24.5 Å². The number of nitrogens with zero attached hydrogens (tertiary/aromatic N) is 2. The molecule has 2 heterocycles. The van der Waals surface area contributed by atoms with Gasteiger partial charge in [-0.05, 0) is 32.5 Å². The molecule has 2 rings (SSSR count). The zero-order chi connectivity index (χ0) is 17.0. The normalized spacial score (nSPS) is 24.5. The molecule has 0 radical (unpaired) electrons. The maximum absolute atomic E-state index is 12.7. The van der Waals surface area contributed by atoms with E-state index in [1.165, 1.54) is 0 Å². The molecule has 0 aliphatic carbocycles. The molecule has 1 saturated heterocycles. The quantitative estimate of drug-likeness (QED) is 0.584. The van der Waals surface area contributed by atoms with Crippen molar-refractivity contribution in [1.29, 1.82) is 0 Å². The molecule has 0 N–H and O–H groups in total. The van der Waals surface area contributed by atoms with E-state index in [2.05, 4.69) is 4.98 Å². The SMILES string of the molecule is CCOC(=O)C1C(=O)C(C(=O)OCC)N(C)C1c1cccnc1. The molecule has 1 fully saturated rings. The molecule has 1 aliphatic rings. The summed E-state index contributed by atoms with van der Waals surface area (Å²) in [5.41, 5.74) is 0.674. The van der Waals surface area contributed by atoms with Gasteiger partial charge in [-0.25, -0.2) is 4.79 Å². The number of likely N-dealkylation sites (tertiary alicyclic amines) is 1. The summed E-state index contributed by atoms with van der Waals surface area (Å²) in [4.78, 5) is 42.6. The number of carbonyl (C=O) groups excluding carboxylic acids is 3. The van der Waals surface area contributed by atoms with E-state index in [1.807, 2.05) is 0 Å². The predicted molar refractivity (Wildman–Crippen MR) is 80.3 cm³/mol. The van der Waals surface area contributed by atoms with Gasteiger partial charge < -0.3 is 9.47 Å². The highest BCUT2D eigenvalue weighted by Gasteiger charge is 2.54. The van der Waals surface area contributed by atoms with Gasteiger partial charge in [0, 0.05) is 12.4 Å². The second kappa shape index (κ2) is 7.32. The third kappa shape index (κ3) is 3.24. The van der Waals surface area contributed by atoms with Crippen LogP contribution in [-0.4, -0.2) is 53.9 Å². The molecule has 23 heavy (non-hydrogen) atoms. The lowest BCUT2D eigenvalue weighted by Gasteiger charge is -2.24. The van der Waals surface area contributed by atoms with Crippen LogP contribution in [-0.2, 0) is 23.9 Å². The zero-order valence-electron chi connectivity index (χ0n) is 13.4. The van der Waals surface area contributed by atoms with Gasteiger partial charge in [-0.3, -0.25) is 19.5 Å². The number of hydrogen-bond donors (Lipinski definition) is 0. The van der Waals surface area contributed by atoms with Crippen molar-refractivity contribution in [3.8, 4) is 0 Å². The number of ether oxygens (including phenoxy) is 2. The van der Waals surface area contributed by atoms with Crippen LogP contribution in [0.25, 0.3) is 0 Å². The van der Waals surface area contributed by atoms with E-state index in [-0.39, 0.29) is 13.2 Å². The molecule has 7 nitrogen and oxygen atoms in total. The maximum atomic E-state index is 12.7. The zero-order valence-corrected chi connectivity index (χ0v) is 13.4. The molecule has 0 aromatic carbocycles. The summed E-state index contributed by atoms with van der Waals surface area (Å²) >= 11 is 0. The van der Waals surface area contributed by atoms with Gasteiger partial charge in [0.25, 0.3) is 0 Å². The third-order valence-electron chi connectivity index (χ3n) is 3.81. The van der Waals surface area contributed by atoms with E-state index in [4.69, 9.17) is 9.47 Å². The van der Waals surface area contributed by atoms with Gasteiger partial charge in [0.05, 0.1) is 19.3 Å². The number of ketones is 1. The van der Waals surface area contributed by atoms with E-state index in [9.17, 15) is 14.4 Å². The van der Waals surface area contributed by atoms with Gasteiger partial charge in [-0.15, -0.1) is 0 Å². The summed E-state index contributed by atoms with van der Waals surface area (Å²) < 4.78 is 10.00. The Kier molecular flexibility index (Phi) is 5.44. The fraction of sp³-hybridized carbons (Fsp3) is 0.500. The Morgan fingerprint density at radius 2 is 1.87 bits per heavy atom. The van der Waals surface area contributed by atoms with E-state index in [0.717, 1.165) is 0 Å². The molecule has 1 aliphatic heterocycles. The average Bonchev–Trinajstić information content (AvgIpc) is 2.79. The minimum atomic E-state index is -1.12. The molecule has 3 atom stereocenters. The summed E-state index contributed by atoms with van der Waals surface area (Å²) in [6.45, 7) is 3.66. The minimum Gasteiger partial charge on any atom is -0.465 e. The molecule has 0 spiro atoms. The van der Waals surface area contributed by atoms with Crippen molar-refractivity contribution in [2.75, 3.05) is 20.3 Å². The number of pyridine rings is 1. The van der Waals surface area contributed by atoms with Crippen LogP contribution in [0, 0.1) is 5.92 Å². The maximum Gasteiger partial charge on any atom is 0.331 e. The average molecular weight is 320 g/mol. The highest BCUT2D eigenvalue weighted by Crippen LogP contribution is 2.38. The third-order valence-corrected chi connectivity index (χ3v) is 3.81. The van der Waals surface area contributed by atoms with Gasteiger partial charge in [-0.2, -0.15) is 0 Å². The van der Waals surface area contributed by atoms with Crippen molar-refractivity contribution in [3.05, 3.63) is 30.1 Å². The molecule has 1 aromatic rings. The largest absolute Gasteiger partial charge is 0.465 e. The number of hydrogen-bond acceptors (Lipinski definition) is 7. The molecule has 124 valence electrons. The Morgan fingerprint density at radius 3 is 2.43 bits per heavy atom. The summed E-state index contributed by atoms with van der Waals surface area (Å²) in [5, 5.41) is 0. The van der Waals surface area contributed by atoms with Gasteiger partial charge in [-0.1, -0.05) is 6.07 Å². The van der Waals surface area contributed by atoms with E-state index in [1.54, 1.807) is 50.3 Å². The lowest BCUT2D eigenvalue weighted by atomic mass is 9.93. The van der Waals surface area contributed by atoms with Crippen LogP contribution in [0.2, 0.25) is 0 Å². The van der Waals surface area contributed by atoms with E-state index in [0.29, 0.717) is 5.56 Å². The summed E-state index contributed by atoms with van der Waals surface area (Å²) in [6.07, 6.45) is 3.18. The molecule has 0 saturated carbocycles. The second-order valence-electron chi connectivity index (χ2n) is 5.18. The van der Waals surface area contributed by atoms with Crippen LogP contribution in [0.4, 0.5) is 0 Å². The van der Waals surface area contributed by atoms with Crippen molar-refractivity contribution < 1.29 is 23.9 Å². The van der Waals surface area contributed by atoms with Crippen molar-refractivity contribution in [1.82, 2.24) is 9.88 Å². The topological polar surface area (TPSA) is 85.8 Å². The van der Waals surface area contributed by atoms with Gasteiger partial charge in [0.2, 0.25) is 0 Å². The molecule has 1 aromatic heterocycles. The van der Waals surface area contributed by atoms with Gasteiger partial charge in [0.15, 0.2) is 11.8 Å². The number of rotatable bonds is 5. The van der Waals surface area contributed by atoms with Crippen LogP contribution in [0.5, 0.6) is 0 Å². The first-order valence-electron chi connectivity index (χ1n) is 7.51. The Balaban J connectivity index is 2.41. The van der Waals surface area contributed by atoms with Crippen molar-refractivity contribution in [2.45, 2.75) is 25.9 Å². The highest BCUT2D eigenvalue weighted by molar-refractivity contribution is 6.13. The van der Waals surface area contributed by atoms with Crippen LogP contribution < -0.4 is 0 Å². The smallest absolute Gasteiger partial charge is 0.331 e. The van der Waals surface area contributed by atoms with E-state index >= 15 is 0 Å². The molecule has 0 bridgehead atoms. The standard InChI is InChI=1S/C16H20N2O5/c1-4-22-15(20)11-12(10-7-6-8-17-9-10)18(3)13(14(11)19)16(21)23-5-2/h6-9,11-13H,4-5H2,1-3H3. The van der Waals surface area contributed by atoms with Crippen molar-refractivity contribution >= 4 is 17.7 Å². The number of esters is 2. The first-order valence-corrected chi connectivity index (χ1v) is 7.51. The first-order chi connectivity index (χ1) is 11.0. The lowest BCUT2D eigenvalue weighted by Crippen LogP contribution is -2.39. The molecule has 3 unspecified atom stereocenters. The molecule has 7 heteroatoms. The predicted octanol–water partition coefficient (Wildman–Crippen LogP) is 0.748. The molecular formula is C16H20N2O5. The van der Waals surface area contributed by atoms with Crippen LogP contribution >= 0.6 is 0 Å². The second-order valence-corrected chi connectivity index (χ2v) is 5.18. The highest BCUT2D eigenvalue weighted by atomic mass is 16.5. The number of Topliss-reactive ketones (excluding diaryl/α,β-unsaturated/α-hetero) is 1. The molecule has 0 amide bonds. The number of carbonyl (C=O) groups is 3. The first kappa shape index (κ1) is 17.1. The summed E-state index contributed by atoms with van der Waals surface area (Å²) in [6, 6.07) is 1.76. The van der Waals surface area contributed by atoms with Gasteiger partial charge >= 0.3 is 11.9 Å². The Bertz CT molecular complexity index is 589. The summed E-state index contributed by atoms with van der Waals surface area (Å²) in [5.74, 6) is -2.86. The Labute approximate surface area is 134 Å². The van der Waals surface area contributed by atoms with Gasteiger partial charge in [0.1, 0.15) is 5.92 Å². The summed E-state index contributed by atoms with van der Waals surface area (Å²) in [7, 11) is 1.62. The monoisotopic (exact) mass is 320 g/mol. The molecular weight excluding hydrogens is 300 g/mol. The fourth-order valence-electron chi connectivity index (χ4n) is 2.88. The fourth-order valence-corrected chi connectivity index (χ4v) is 2.88. The Hall–Kier alpha value is -2.28. The van der Waals surface area contributed by atoms with E-state index < -0.39 is 35.7 Å². The van der Waals surface area contributed by atoms with Crippen molar-refractivity contribution in [3.63, 3.8) is 0 Å². The van der Waals surface area contributed by atoms with Crippen molar-refractivity contribution in [2.24, 2.45) is 5.92 Å². The minimum absolute atomic E-state index is 0.163. The van der Waals surface area contributed by atoms with Crippen LogP contribution in [0.1, 0.15) is 25.5 Å².